The van der Waals surface area contributed by atoms with E-state index in [9.17, 15) is 9.90 Å². The Morgan fingerprint density at radius 2 is 2.11 bits per heavy atom. The summed E-state index contributed by atoms with van der Waals surface area (Å²) >= 11 is 5.88. The number of halogens is 1. The summed E-state index contributed by atoms with van der Waals surface area (Å²) in [5, 5.41) is 12.6. The van der Waals surface area contributed by atoms with Gasteiger partial charge in [0.1, 0.15) is 11.0 Å². The molecule has 1 aromatic heterocycles. The van der Waals surface area contributed by atoms with Gasteiger partial charge >= 0.3 is 0 Å². The topological polar surface area (TPSA) is 65.5 Å². The van der Waals surface area contributed by atoms with E-state index < -0.39 is 6.10 Å². The van der Waals surface area contributed by atoms with Gasteiger partial charge in [0, 0.05) is 26.2 Å². The average molecular weight is 286 g/mol. The van der Waals surface area contributed by atoms with Crippen LogP contribution in [0.5, 0.6) is 0 Å². The SMILES string of the molecule is CC(C)C(O)CNC(=O)c1cc(Cl)nc(N(C)C)c1. The molecule has 106 valence electrons. The number of hydrogen-bond donors (Lipinski definition) is 2. The van der Waals surface area contributed by atoms with E-state index in [1.807, 2.05) is 27.9 Å². The van der Waals surface area contributed by atoms with Gasteiger partial charge in [-0.1, -0.05) is 25.4 Å². The van der Waals surface area contributed by atoms with Crippen molar-refractivity contribution < 1.29 is 9.90 Å². The molecular formula is C13H20ClN3O2. The Balaban J connectivity index is 2.77. The second kappa shape index (κ2) is 6.73. The molecule has 1 aromatic rings. The number of aliphatic hydroxyl groups is 1. The van der Waals surface area contributed by atoms with E-state index in [0.717, 1.165) is 0 Å². The van der Waals surface area contributed by atoms with Crippen LogP contribution in [0.1, 0.15) is 24.2 Å². The van der Waals surface area contributed by atoms with E-state index in [0.29, 0.717) is 11.4 Å². The zero-order valence-corrected chi connectivity index (χ0v) is 12.4. The number of amides is 1. The summed E-state index contributed by atoms with van der Waals surface area (Å²) in [5.41, 5.74) is 0.430. The summed E-state index contributed by atoms with van der Waals surface area (Å²) in [5.74, 6) is 0.438. The minimum Gasteiger partial charge on any atom is -0.391 e. The Labute approximate surface area is 118 Å². The average Bonchev–Trinajstić information content (AvgIpc) is 2.34. The molecule has 0 aromatic carbocycles. The van der Waals surface area contributed by atoms with Crippen LogP contribution in [-0.2, 0) is 0 Å². The number of anilines is 1. The van der Waals surface area contributed by atoms with Crippen LogP contribution in [0.4, 0.5) is 5.82 Å². The van der Waals surface area contributed by atoms with Crippen molar-refractivity contribution in [3.05, 3.63) is 22.8 Å². The van der Waals surface area contributed by atoms with Crippen LogP contribution in [0, 0.1) is 5.92 Å². The number of pyridine rings is 1. The van der Waals surface area contributed by atoms with Crippen molar-refractivity contribution in [2.45, 2.75) is 20.0 Å². The third kappa shape index (κ3) is 4.69. The molecule has 0 aliphatic heterocycles. The maximum absolute atomic E-state index is 12.0. The van der Waals surface area contributed by atoms with E-state index in [4.69, 9.17) is 11.6 Å². The first-order chi connectivity index (χ1) is 8.81. The standard InChI is InChI=1S/C13H20ClN3O2/c1-8(2)10(18)7-15-13(19)9-5-11(14)16-12(6-9)17(3)4/h5-6,8,10,18H,7H2,1-4H3,(H,15,19). The minimum absolute atomic E-state index is 0.0960. The van der Waals surface area contributed by atoms with Gasteiger partial charge in [-0.2, -0.15) is 0 Å². The van der Waals surface area contributed by atoms with Crippen molar-refractivity contribution in [1.29, 1.82) is 0 Å². The molecule has 0 aliphatic rings. The lowest BCUT2D eigenvalue weighted by Gasteiger charge is -2.16. The first-order valence-corrected chi connectivity index (χ1v) is 6.50. The number of hydrogen-bond acceptors (Lipinski definition) is 4. The fraction of sp³-hybridized carbons (Fsp3) is 0.538. The predicted molar refractivity (Wildman–Crippen MR) is 76.8 cm³/mol. The van der Waals surface area contributed by atoms with Crippen LogP contribution in [0.25, 0.3) is 0 Å². The van der Waals surface area contributed by atoms with E-state index in [1.54, 1.807) is 11.0 Å². The Bertz CT molecular complexity index is 450. The fourth-order valence-electron chi connectivity index (χ4n) is 1.38. The van der Waals surface area contributed by atoms with Gasteiger partial charge in [0.2, 0.25) is 0 Å². The van der Waals surface area contributed by atoms with Crippen LogP contribution in [0.2, 0.25) is 5.15 Å². The summed E-state index contributed by atoms with van der Waals surface area (Å²) in [7, 11) is 3.64. The number of nitrogens with zero attached hydrogens (tertiary/aromatic N) is 2. The van der Waals surface area contributed by atoms with Gasteiger partial charge in [0.05, 0.1) is 6.10 Å². The molecule has 0 saturated carbocycles. The zero-order chi connectivity index (χ0) is 14.6. The molecule has 1 unspecified atom stereocenters. The molecule has 0 saturated heterocycles. The summed E-state index contributed by atoms with van der Waals surface area (Å²) in [6.07, 6.45) is -0.561. The molecule has 0 bridgehead atoms. The third-order valence-electron chi connectivity index (χ3n) is 2.74. The zero-order valence-electron chi connectivity index (χ0n) is 11.6. The Morgan fingerprint density at radius 1 is 1.47 bits per heavy atom. The van der Waals surface area contributed by atoms with Crippen LogP contribution < -0.4 is 10.2 Å². The smallest absolute Gasteiger partial charge is 0.251 e. The molecule has 5 nitrogen and oxygen atoms in total. The van der Waals surface area contributed by atoms with Gasteiger partial charge in [-0.05, 0) is 18.1 Å². The normalized spacial score (nSPS) is 12.4. The van der Waals surface area contributed by atoms with Gasteiger partial charge in [0.25, 0.3) is 5.91 Å². The van der Waals surface area contributed by atoms with Crippen LogP contribution in [-0.4, -0.2) is 42.7 Å². The van der Waals surface area contributed by atoms with Crippen molar-refractivity contribution in [2.24, 2.45) is 5.92 Å². The van der Waals surface area contributed by atoms with Gasteiger partial charge in [0.15, 0.2) is 0 Å². The lowest BCUT2D eigenvalue weighted by Crippen LogP contribution is -2.34. The molecule has 1 atom stereocenters. The lowest BCUT2D eigenvalue weighted by atomic mass is 10.1. The maximum atomic E-state index is 12.0. The van der Waals surface area contributed by atoms with Gasteiger partial charge in [-0.25, -0.2) is 4.98 Å². The molecule has 0 radical (unpaired) electrons. The molecule has 0 aliphatic carbocycles. The highest BCUT2D eigenvalue weighted by Crippen LogP contribution is 2.16. The Kier molecular flexibility index (Phi) is 5.57. The highest BCUT2D eigenvalue weighted by atomic mass is 35.5. The van der Waals surface area contributed by atoms with E-state index in [1.165, 1.54) is 6.07 Å². The molecule has 2 N–H and O–H groups in total. The molecule has 1 rings (SSSR count). The largest absolute Gasteiger partial charge is 0.391 e. The molecule has 0 spiro atoms. The number of nitrogens with one attached hydrogen (secondary N) is 1. The second-order valence-electron chi connectivity index (χ2n) is 4.95. The molecule has 19 heavy (non-hydrogen) atoms. The fourth-order valence-corrected chi connectivity index (χ4v) is 1.58. The molecule has 0 fully saturated rings. The van der Waals surface area contributed by atoms with Gasteiger partial charge < -0.3 is 15.3 Å². The first kappa shape index (κ1) is 15.7. The number of rotatable bonds is 5. The highest BCUT2D eigenvalue weighted by molar-refractivity contribution is 6.29. The Morgan fingerprint density at radius 3 is 2.63 bits per heavy atom. The van der Waals surface area contributed by atoms with Crippen molar-refractivity contribution in [3.8, 4) is 0 Å². The number of carbonyl (C=O) groups is 1. The predicted octanol–water partition coefficient (Wildman–Crippen LogP) is 1.55. The van der Waals surface area contributed by atoms with Gasteiger partial charge in [-0.3, -0.25) is 4.79 Å². The Hall–Kier alpha value is -1.33. The maximum Gasteiger partial charge on any atom is 0.251 e. The highest BCUT2D eigenvalue weighted by Gasteiger charge is 2.13. The van der Waals surface area contributed by atoms with Crippen LogP contribution >= 0.6 is 11.6 Å². The molecule has 1 amide bonds. The molecule has 6 heteroatoms. The number of aliphatic hydroxyl groups excluding tert-OH is 1. The van der Waals surface area contributed by atoms with Crippen molar-refractivity contribution in [2.75, 3.05) is 25.5 Å². The van der Waals surface area contributed by atoms with E-state index >= 15 is 0 Å². The monoisotopic (exact) mass is 285 g/mol. The molecular weight excluding hydrogens is 266 g/mol. The summed E-state index contributed by atoms with van der Waals surface area (Å²) in [6, 6.07) is 3.16. The summed E-state index contributed by atoms with van der Waals surface area (Å²) < 4.78 is 0. The number of carbonyl (C=O) groups excluding carboxylic acids is 1. The third-order valence-corrected chi connectivity index (χ3v) is 2.94. The van der Waals surface area contributed by atoms with Crippen molar-refractivity contribution in [1.82, 2.24) is 10.3 Å². The van der Waals surface area contributed by atoms with E-state index in [-0.39, 0.29) is 23.5 Å². The second-order valence-corrected chi connectivity index (χ2v) is 5.34. The van der Waals surface area contributed by atoms with Crippen molar-refractivity contribution >= 4 is 23.3 Å². The van der Waals surface area contributed by atoms with Gasteiger partial charge in [-0.15, -0.1) is 0 Å². The summed E-state index contributed by atoms with van der Waals surface area (Å²) in [6.45, 7) is 4.00. The number of aromatic nitrogens is 1. The lowest BCUT2D eigenvalue weighted by molar-refractivity contribution is 0.0871. The molecule has 1 heterocycles. The van der Waals surface area contributed by atoms with Crippen molar-refractivity contribution in [3.63, 3.8) is 0 Å². The van der Waals surface area contributed by atoms with Crippen LogP contribution in [0.15, 0.2) is 12.1 Å². The quantitative estimate of drug-likeness (QED) is 0.806. The first-order valence-electron chi connectivity index (χ1n) is 6.12. The van der Waals surface area contributed by atoms with E-state index in [2.05, 4.69) is 10.3 Å². The van der Waals surface area contributed by atoms with Crippen LogP contribution in [0.3, 0.4) is 0 Å². The summed E-state index contributed by atoms with van der Waals surface area (Å²) in [4.78, 5) is 17.8. The minimum atomic E-state index is -0.561.